The van der Waals surface area contributed by atoms with Crippen molar-refractivity contribution in [3.63, 3.8) is 0 Å². The van der Waals surface area contributed by atoms with Crippen LogP contribution in [0.2, 0.25) is 0 Å². The molecule has 3 aromatic heterocycles. The third kappa shape index (κ3) is 3.90. The smallest absolute Gasteiger partial charge is 0.410 e. The lowest BCUT2D eigenvalue weighted by Crippen LogP contribution is -2.35. The Hall–Kier alpha value is -4.22. The Kier molecular flexibility index (Phi) is 5.30. The number of hydrogen-bond donors (Lipinski definition) is 2. The number of aromatic nitrogens is 4. The van der Waals surface area contributed by atoms with Crippen LogP contribution in [0.3, 0.4) is 0 Å². The van der Waals surface area contributed by atoms with Crippen LogP contribution in [0.15, 0.2) is 64.0 Å². The van der Waals surface area contributed by atoms with Crippen molar-refractivity contribution < 1.29 is 22.4 Å². The summed E-state index contributed by atoms with van der Waals surface area (Å²) in [6.45, 7) is 1.66. The third-order valence-electron chi connectivity index (χ3n) is 6.10. The van der Waals surface area contributed by atoms with Gasteiger partial charge in [0.15, 0.2) is 11.7 Å². The maximum absolute atomic E-state index is 13.8. The molecule has 0 aliphatic carbocycles. The summed E-state index contributed by atoms with van der Waals surface area (Å²) in [5.41, 5.74) is 0.358. The molecule has 35 heavy (non-hydrogen) atoms. The number of furan rings is 1. The fourth-order valence-electron chi connectivity index (χ4n) is 4.25. The molecule has 1 aliphatic heterocycles. The highest BCUT2D eigenvalue weighted by Crippen LogP contribution is 2.43. The van der Waals surface area contributed by atoms with Gasteiger partial charge in [0.1, 0.15) is 17.3 Å². The first kappa shape index (κ1) is 22.6. The standard InChI is InChI=1S/C23H21F3N6O3/c1-13-20(22(34)32(30(13)2)14-7-4-3-5-8-14)28-21(33)16-12-19-27-15(17-9-6-10-35-17)11-18(23(24,25)26)31(19)29-16/h3-10,12,15,18,27H,11H2,1-2H3,(H,28,33). The Balaban J connectivity index is 1.47. The molecule has 12 heteroatoms. The van der Waals surface area contributed by atoms with Gasteiger partial charge in [0, 0.05) is 19.5 Å². The normalized spacial score (nSPS) is 17.6. The van der Waals surface area contributed by atoms with Crippen molar-refractivity contribution in [1.29, 1.82) is 0 Å². The highest BCUT2D eigenvalue weighted by molar-refractivity contribution is 6.03. The van der Waals surface area contributed by atoms with Gasteiger partial charge in [-0.05, 0) is 31.2 Å². The molecule has 1 amide bonds. The number of para-hydroxylation sites is 1. The topological polar surface area (TPSA) is 99.0 Å². The van der Waals surface area contributed by atoms with Gasteiger partial charge in [0.2, 0.25) is 0 Å². The Bertz CT molecular complexity index is 1430. The van der Waals surface area contributed by atoms with Crippen molar-refractivity contribution in [3.05, 3.63) is 82.3 Å². The van der Waals surface area contributed by atoms with E-state index >= 15 is 0 Å². The number of benzene rings is 1. The summed E-state index contributed by atoms with van der Waals surface area (Å²) in [5, 5.41) is 9.42. The zero-order valence-corrected chi connectivity index (χ0v) is 18.7. The number of carbonyl (C=O) groups excluding carboxylic acids is 1. The summed E-state index contributed by atoms with van der Waals surface area (Å²) in [6.07, 6.45) is -3.57. The Morgan fingerprint density at radius 1 is 1.20 bits per heavy atom. The minimum Gasteiger partial charge on any atom is -0.467 e. The molecule has 0 spiro atoms. The molecule has 2 N–H and O–H groups in total. The molecule has 4 aromatic rings. The lowest BCUT2D eigenvalue weighted by atomic mass is 10.0. The van der Waals surface area contributed by atoms with Gasteiger partial charge in [0.25, 0.3) is 11.5 Å². The molecule has 2 atom stereocenters. The quantitative estimate of drug-likeness (QED) is 0.451. The second-order valence-corrected chi connectivity index (χ2v) is 8.26. The number of halogens is 3. The van der Waals surface area contributed by atoms with Crippen LogP contribution in [0.1, 0.15) is 40.4 Å². The van der Waals surface area contributed by atoms with Crippen molar-refractivity contribution >= 4 is 17.4 Å². The zero-order chi connectivity index (χ0) is 24.9. The molecule has 0 saturated heterocycles. The van der Waals surface area contributed by atoms with Gasteiger partial charge in [0.05, 0.1) is 23.7 Å². The minimum atomic E-state index is -4.60. The summed E-state index contributed by atoms with van der Waals surface area (Å²) in [4.78, 5) is 26.0. The number of rotatable bonds is 4. The largest absolute Gasteiger partial charge is 0.467 e. The van der Waals surface area contributed by atoms with Crippen LogP contribution in [0.25, 0.3) is 5.69 Å². The molecule has 9 nitrogen and oxygen atoms in total. The summed E-state index contributed by atoms with van der Waals surface area (Å²) < 4.78 is 50.5. The van der Waals surface area contributed by atoms with E-state index in [1.165, 1.54) is 17.0 Å². The fraction of sp³-hybridized carbons (Fsp3) is 0.261. The Morgan fingerprint density at radius 2 is 1.94 bits per heavy atom. The summed E-state index contributed by atoms with van der Waals surface area (Å²) >= 11 is 0. The molecular formula is C23H21F3N6O3. The van der Waals surface area contributed by atoms with Gasteiger partial charge < -0.3 is 15.1 Å². The van der Waals surface area contributed by atoms with E-state index in [0.29, 0.717) is 17.1 Å². The van der Waals surface area contributed by atoms with Gasteiger partial charge in [-0.25, -0.2) is 9.36 Å². The number of alkyl halides is 3. The first-order valence-corrected chi connectivity index (χ1v) is 10.8. The van der Waals surface area contributed by atoms with E-state index in [2.05, 4.69) is 15.7 Å². The van der Waals surface area contributed by atoms with E-state index in [1.54, 1.807) is 55.1 Å². The molecule has 0 radical (unpaired) electrons. The number of hydrogen-bond acceptors (Lipinski definition) is 5. The number of anilines is 2. The molecule has 1 aliphatic rings. The second-order valence-electron chi connectivity index (χ2n) is 8.26. The number of carbonyl (C=O) groups is 1. The van der Waals surface area contributed by atoms with E-state index in [4.69, 9.17) is 4.42 Å². The van der Waals surface area contributed by atoms with Crippen molar-refractivity contribution in [2.45, 2.75) is 31.6 Å². The number of nitrogens with one attached hydrogen (secondary N) is 2. The average Bonchev–Trinajstić information content (AvgIpc) is 3.55. The molecule has 2 unspecified atom stereocenters. The number of nitrogens with zero attached hydrogens (tertiary/aromatic N) is 4. The van der Waals surface area contributed by atoms with Crippen LogP contribution < -0.4 is 16.2 Å². The third-order valence-corrected chi connectivity index (χ3v) is 6.10. The van der Waals surface area contributed by atoms with Crippen molar-refractivity contribution in [1.82, 2.24) is 19.1 Å². The van der Waals surface area contributed by atoms with Crippen LogP contribution in [-0.4, -0.2) is 31.2 Å². The molecule has 4 heterocycles. The molecule has 5 rings (SSSR count). The van der Waals surface area contributed by atoms with Crippen LogP contribution in [0.4, 0.5) is 24.7 Å². The minimum absolute atomic E-state index is 0.0149. The summed E-state index contributed by atoms with van der Waals surface area (Å²) in [7, 11) is 1.67. The highest BCUT2D eigenvalue weighted by atomic mass is 19.4. The van der Waals surface area contributed by atoms with Crippen molar-refractivity contribution in [3.8, 4) is 5.69 Å². The van der Waals surface area contributed by atoms with E-state index in [1.807, 2.05) is 6.07 Å². The number of amides is 1. The van der Waals surface area contributed by atoms with Gasteiger partial charge in [-0.15, -0.1) is 0 Å². The van der Waals surface area contributed by atoms with Crippen molar-refractivity contribution in [2.24, 2.45) is 7.05 Å². The average molecular weight is 486 g/mol. The molecule has 0 saturated carbocycles. The van der Waals surface area contributed by atoms with Gasteiger partial charge in [-0.1, -0.05) is 18.2 Å². The van der Waals surface area contributed by atoms with Gasteiger partial charge >= 0.3 is 6.18 Å². The molecule has 182 valence electrons. The summed E-state index contributed by atoms with van der Waals surface area (Å²) in [5.74, 6) is -0.425. The number of fused-ring (bicyclic) bond motifs is 1. The van der Waals surface area contributed by atoms with Crippen LogP contribution in [0, 0.1) is 6.92 Å². The van der Waals surface area contributed by atoms with Gasteiger partial charge in [-0.2, -0.15) is 18.3 Å². The maximum Gasteiger partial charge on any atom is 0.410 e. The van der Waals surface area contributed by atoms with Crippen molar-refractivity contribution in [2.75, 3.05) is 10.6 Å². The van der Waals surface area contributed by atoms with E-state index < -0.39 is 29.7 Å². The maximum atomic E-state index is 13.8. The molecule has 0 bridgehead atoms. The van der Waals surface area contributed by atoms with E-state index in [9.17, 15) is 22.8 Å². The first-order valence-electron chi connectivity index (χ1n) is 10.8. The highest BCUT2D eigenvalue weighted by Gasteiger charge is 2.47. The van der Waals surface area contributed by atoms with Gasteiger partial charge in [-0.3, -0.25) is 14.3 Å². The molecule has 0 fully saturated rings. The SMILES string of the molecule is Cc1c(NC(=O)c2cc3n(n2)C(C(F)(F)F)CC(c2ccco2)N3)c(=O)n(-c2ccccc2)n1C. The van der Waals surface area contributed by atoms with Crippen LogP contribution >= 0.6 is 0 Å². The lowest BCUT2D eigenvalue weighted by Gasteiger charge is -2.32. The predicted molar refractivity (Wildman–Crippen MR) is 121 cm³/mol. The monoisotopic (exact) mass is 486 g/mol. The second kappa shape index (κ2) is 8.22. The van der Waals surface area contributed by atoms with E-state index in [0.717, 1.165) is 4.68 Å². The Morgan fingerprint density at radius 3 is 2.60 bits per heavy atom. The summed E-state index contributed by atoms with van der Waals surface area (Å²) in [6, 6.07) is 10.6. The van der Waals surface area contributed by atoms with Crippen LogP contribution in [-0.2, 0) is 7.05 Å². The zero-order valence-electron chi connectivity index (χ0n) is 18.7. The molecule has 1 aromatic carbocycles. The Labute approximate surface area is 196 Å². The first-order chi connectivity index (χ1) is 16.6. The fourth-order valence-corrected chi connectivity index (χ4v) is 4.25. The molecular weight excluding hydrogens is 465 g/mol. The van der Waals surface area contributed by atoms with Crippen LogP contribution in [0.5, 0.6) is 0 Å². The van der Waals surface area contributed by atoms with E-state index in [-0.39, 0.29) is 23.6 Å². The lowest BCUT2D eigenvalue weighted by molar-refractivity contribution is -0.174. The predicted octanol–water partition coefficient (Wildman–Crippen LogP) is 4.19.